The summed E-state index contributed by atoms with van der Waals surface area (Å²) in [5, 5.41) is 3.41. The van der Waals surface area contributed by atoms with Crippen LogP contribution < -0.4 is 10.1 Å². The lowest BCUT2D eigenvalue weighted by Gasteiger charge is -2.22. The topological polar surface area (TPSA) is 75.7 Å². The summed E-state index contributed by atoms with van der Waals surface area (Å²) >= 11 is 12.1. The maximum atomic E-state index is 13.5. The molecule has 0 aromatic heterocycles. The molecule has 4 rings (SSSR count). The highest BCUT2D eigenvalue weighted by Crippen LogP contribution is 2.26. The molecule has 0 unspecified atom stereocenters. The van der Waals surface area contributed by atoms with E-state index in [-0.39, 0.29) is 11.4 Å². The van der Waals surface area contributed by atoms with Gasteiger partial charge in [0.05, 0.1) is 21.5 Å². The maximum Gasteiger partial charge on any atom is 0.243 e. The number of aryl methyl sites for hydroxylation is 1. The van der Waals surface area contributed by atoms with Gasteiger partial charge >= 0.3 is 0 Å². The highest BCUT2D eigenvalue weighted by Gasteiger charge is 2.27. The normalized spacial score (nSPS) is 11.4. The highest BCUT2D eigenvalue weighted by atomic mass is 35.5. The minimum atomic E-state index is -3.99. The van der Waals surface area contributed by atoms with Gasteiger partial charge in [0.15, 0.2) is 0 Å². The van der Waals surface area contributed by atoms with Gasteiger partial charge in [0.25, 0.3) is 0 Å². The van der Waals surface area contributed by atoms with Gasteiger partial charge < -0.3 is 10.1 Å². The molecule has 0 atom stereocenters. The van der Waals surface area contributed by atoms with Crippen molar-refractivity contribution in [1.29, 1.82) is 0 Å². The van der Waals surface area contributed by atoms with Gasteiger partial charge in [-0.2, -0.15) is 4.31 Å². The second-order valence-corrected chi connectivity index (χ2v) is 11.1. The second-order valence-electron chi connectivity index (χ2n) is 8.32. The van der Waals surface area contributed by atoms with Crippen LogP contribution in [-0.2, 0) is 21.4 Å². The zero-order chi connectivity index (χ0) is 26.4. The third-order valence-corrected chi connectivity index (χ3v) is 7.98. The summed E-state index contributed by atoms with van der Waals surface area (Å²) < 4.78 is 33.8. The van der Waals surface area contributed by atoms with Crippen LogP contribution in [0.25, 0.3) is 0 Å². The third kappa shape index (κ3) is 7.11. The monoisotopic (exact) mass is 554 g/mol. The molecule has 0 aliphatic carbocycles. The van der Waals surface area contributed by atoms with E-state index in [0.717, 1.165) is 9.87 Å². The van der Waals surface area contributed by atoms with E-state index in [1.165, 1.54) is 12.1 Å². The number of nitrogens with zero attached hydrogens (tertiary/aromatic N) is 1. The maximum absolute atomic E-state index is 13.5. The number of rotatable bonds is 9. The van der Waals surface area contributed by atoms with Gasteiger partial charge in [0, 0.05) is 12.2 Å². The Labute approximate surface area is 226 Å². The summed E-state index contributed by atoms with van der Waals surface area (Å²) in [6.45, 7) is 1.40. The number of halogens is 2. The fourth-order valence-electron chi connectivity index (χ4n) is 3.52. The fraction of sp³-hybridized carbons (Fsp3) is 0.107. The fourth-order valence-corrected chi connectivity index (χ4v) is 5.22. The van der Waals surface area contributed by atoms with Crippen LogP contribution in [0, 0.1) is 6.92 Å². The van der Waals surface area contributed by atoms with Gasteiger partial charge in [-0.25, -0.2) is 8.42 Å². The molecule has 6 nitrogen and oxygen atoms in total. The number of hydrogen-bond donors (Lipinski definition) is 1. The van der Waals surface area contributed by atoms with Crippen molar-refractivity contribution in [2.75, 3.05) is 11.9 Å². The number of nitrogens with one attached hydrogen (secondary N) is 1. The summed E-state index contributed by atoms with van der Waals surface area (Å²) in [7, 11) is -3.99. The lowest BCUT2D eigenvalue weighted by Crippen LogP contribution is -2.37. The number of hydrogen-bond acceptors (Lipinski definition) is 4. The first-order valence-corrected chi connectivity index (χ1v) is 13.5. The molecule has 190 valence electrons. The molecular weight excluding hydrogens is 531 g/mol. The molecule has 0 bridgehead atoms. The van der Waals surface area contributed by atoms with Crippen molar-refractivity contribution < 1.29 is 17.9 Å². The van der Waals surface area contributed by atoms with E-state index in [2.05, 4.69) is 5.32 Å². The van der Waals surface area contributed by atoms with Gasteiger partial charge in [-0.05, 0) is 73.2 Å². The number of amides is 1. The number of anilines is 1. The molecular formula is C28H24Cl2N2O4S. The second kappa shape index (κ2) is 11.8. The summed E-state index contributed by atoms with van der Waals surface area (Å²) in [4.78, 5) is 13.0. The van der Waals surface area contributed by atoms with Crippen LogP contribution in [0.15, 0.2) is 102 Å². The predicted octanol–water partition coefficient (Wildman–Crippen LogP) is 6.92. The zero-order valence-electron chi connectivity index (χ0n) is 19.9. The highest BCUT2D eigenvalue weighted by molar-refractivity contribution is 7.89. The summed E-state index contributed by atoms with van der Waals surface area (Å²) in [5.74, 6) is 0.804. The lowest BCUT2D eigenvalue weighted by atomic mass is 10.2. The Hall–Kier alpha value is -3.36. The van der Waals surface area contributed by atoms with Gasteiger partial charge in [-0.15, -0.1) is 0 Å². The standard InChI is InChI=1S/C28H24Cl2N2O4S/c1-20-7-14-25(15-8-20)37(34,35)32(18-21-9-16-26(29)27(30)17-21)19-28(33)31-22-10-12-24(13-11-22)36-23-5-3-2-4-6-23/h2-17H,18-19H2,1H3,(H,31,33). The van der Waals surface area contributed by atoms with E-state index >= 15 is 0 Å². The molecule has 1 amide bonds. The SMILES string of the molecule is Cc1ccc(S(=O)(=O)N(CC(=O)Nc2ccc(Oc3ccccc3)cc2)Cc2ccc(Cl)c(Cl)c2)cc1. The van der Waals surface area contributed by atoms with E-state index in [0.29, 0.717) is 32.8 Å². The van der Waals surface area contributed by atoms with Crippen molar-refractivity contribution in [3.8, 4) is 11.5 Å². The van der Waals surface area contributed by atoms with E-state index in [4.69, 9.17) is 27.9 Å². The minimum absolute atomic E-state index is 0.0651. The van der Waals surface area contributed by atoms with Gasteiger partial charge in [-0.3, -0.25) is 4.79 Å². The molecule has 0 aliphatic heterocycles. The molecule has 37 heavy (non-hydrogen) atoms. The average Bonchev–Trinajstić information content (AvgIpc) is 2.88. The van der Waals surface area contributed by atoms with E-state index < -0.39 is 22.5 Å². The number of ether oxygens (including phenoxy) is 1. The summed E-state index contributed by atoms with van der Waals surface area (Å²) in [5.41, 5.74) is 2.03. The number of benzene rings is 4. The Kier molecular flexibility index (Phi) is 8.51. The Morgan fingerprint density at radius 1 is 0.838 bits per heavy atom. The molecule has 0 fully saturated rings. The quantitative estimate of drug-likeness (QED) is 0.243. The number of sulfonamides is 1. The van der Waals surface area contributed by atoms with Gasteiger partial charge in [0.1, 0.15) is 11.5 Å². The average molecular weight is 555 g/mol. The zero-order valence-corrected chi connectivity index (χ0v) is 22.2. The van der Waals surface area contributed by atoms with Crippen molar-refractivity contribution in [3.63, 3.8) is 0 Å². The van der Waals surface area contributed by atoms with Crippen molar-refractivity contribution in [1.82, 2.24) is 4.31 Å². The van der Waals surface area contributed by atoms with Gasteiger partial charge in [0.2, 0.25) is 15.9 Å². The molecule has 1 N–H and O–H groups in total. The molecule has 4 aromatic rings. The first-order valence-electron chi connectivity index (χ1n) is 11.3. The predicted molar refractivity (Wildman–Crippen MR) is 147 cm³/mol. The number of carbonyl (C=O) groups excluding carboxylic acids is 1. The van der Waals surface area contributed by atoms with Crippen LogP contribution in [-0.4, -0.2) is 25.2 Å². The number of carbonyl (C=O) groups is 1. The largest absolute Gasteiger partial charge is 0.457 e. The molecule has 0 heterocycles. The molecule has 0 saturated carbocycles. The molecule has 0 aliphatic rings. The minimum Gasteiger partial charge on any atom is -0.457 e. The Morgan fingerprint density at radius 2 is 1.49 bits per heavy atom. The van der Waals surface area contributed by atoms with Crippen LogP contribution >= 0.6 is 23.2 Å². The van der Waals surface area contributed by atoms with Crippen molar-refractivity contribution in [3.05, 3.63) is 118 Å². The first-order chi connectivity index (χ1) is 17.7. The first kappa shape index (κ1) is 26.7. The molecule has 0 saturated heterocycles. The third-order valence-electron chi connectivity index (χ3n) is 5.44. The molecule has 0 spiro atoms. The Balaban J connectivity index is 1.51. The van der Waals surface area contributed by atoms with Crippen molar-refractivity contribution >= 4 is 44.8 Å². The van der Waals surface area contributed by atoms with Crippen LogP contribution in [0.5, 0.6) is 11.5 Å². The van der Waals surface area contributed by atoms with Crippen molar-refractivity contribution in [2.45, 2.75) is 18.4 Å². The van der Waals surface area contributed by atoms with Crippen LogP contribution in [0.3, 0.4) is 0 Å². The van der Waals surface area contributed by atoms with Gasteiger partial charge in [-0.1, -0.05) is 65.2 Å². The number of para-hydroxylation sites is 1. The van der Waals surface area contributed by atoms with E-state index in [1.54, 1.807) is 54.6 Å². The Morgan fingerprint density at radius 3 is 2.14 bits per heavy atom. The van der Waals surface area contributed by atoms with E-state index in [9.17, 15) is 13.2 Å². The summed E-state index contributed by atoms with van der Waals surface area (Å²) in [6, 6.07) is 27.5. The smallest absolute Gasteiger partial charge is 0.243 e. The van der Waals surface area contributed by atoms with Crippen LogP contribution in [0.4, 0.5) is 5.69 Å². The lowest BCUT2D eigenvalue weighted by molar-refractivity contribution is -0.116. The molecule has 9 heteroatoms. The van der Waals surface area contributed by atoms with Crippen molar-refractivity contribution in [2.24, 2.45) is 0 Å². The Bertz CT molecular complexity index is 1480. The molecule has 0 radical (unpaired) electrons. The van der Waals surface area contributed by atoms with Crippen LogP contribution in [0.1, 0.15) is 11.1 Å². The van der Waals surface area contributed by atoms with Crippen LogP contribution in [0.2, 0.25) is 10.0 Å². The summed E-state index contributed by atoms with van der Waals surface area (Å²) in [6.07, 6.45) is 0. The molecule has 4 aromatic carbocycles. The van der Waals surface area contributed by atoms with E-state index in [1.807, 2.05) is 37.3 Å².